The second-order valence-corrected chi connectivity index (χ2v) is 4.65. The maximum atomic E-state index is 5.95. The second kappa shape index (κ2) is 6.65. The van der Waals surface area contributed by atoms with Gasteiger partial charge in [0.1, 0.15) is 5.75 Å². The minimum atomic E-state index is 0.444. The number of methoxy groups -OCH3 is 1. The molecule has 0 fully saturated rings. The van der Waals surface area contributed by atoms with Crippen LogP contribution in [0.25, 0.3) is 0 Å². The summed E-state index contributed by atoms with van der Waals surface area (Å²) in [5.41, 5.74) is 8.43. The van der Waals surface area contributed by atoms with Crippen molar-refractivity contribution in [2.75, 3.05) is 13.7 Å². The molecule has 1 rings (SSSR count). The highest BCUT2D eigenvalue weighted by molar-refractivity contribution is 5.38. The number of hydrogen-bond acceptors (Lipinski definition) is 2. The third kappa shape index (κ3) is 3.22. The van der Waals surface area contributed by atoms with Gasteiger partial charge in [0.25, 0.3) is 0 Å². The van der Waals surface area contributed by atoms with Gasteiger partial charge in [-0.1, -0.05) is 38.8 Å². The molecule has 0 bridgehead atoms. The van der Waals surface area contributed by atoms with E-state index < -0.39 is 0 Å². The lowest BCUT2D eigenvalue weighted by Gasteiger charge is -2.25. The fraction of sp³-hybridized carbons (Fsp3) is 0.600. The van der Waals surface area contributed by atoms with E-state index in [4.69, 9.17) is 10.5 Å². The summed E-state index contributed by atoms with van der Waals surface area (Å²) >= 11 is 0. The number of hydrogen-bond donors (Lipinski definition) is 1. The maximum Gasteiger partial charge on any atom is 0.122 e. The largest absolute Gasteiger partial charge is 0.496 e. The van der Waals surface area contributed by atoms with E-state index in [0.29, 0.717) is 18.4 Å². The molecule has 0 aliphatic rings. The Bertz CT molecular complexity index is 345. The molecule has 0 heterocycles. The van der Waals surface area contributed by atoms with E-state index in [1.165, 1.54) is 24.0 Å². The molecule has 2 nitrogen and oxygen atoms in total. The molecule has 1 aromatic rings. The van der Waals surface area contributed by atoms with Gasteiger partial charge in [0.2, 0.25) is 0 Å². The van der Waals surface area contributed by atoms with Crippen LogP contribution in [0.15, 0.2) is 18.2 Å². The molecule has 0 radical (unpaired) electrons. The fourth-order valence-corrected chi connectivity index (χ4v) is 2.53. The lowest BCUT2D eigenvalue weighted by atomic mass is 9.82. The summed E-state index contributed by atoms with van der Waals surface area (Å²) in [5, 5.41) is 0. The molecule has 2 N–H and O–H groups in total. The third-order valence-corrected chi connectivity index (χ3v) is 3.73. The number of ether oxygens (including phenoxy) is 1. The first-order valence-corrected chi connectivity index (χ1v) is 6.52. The zero-order chi connectivity index (χ0) is 12.8. The summed E-state index contributed by atoms with van der Waals surface area (Å²) in [5.74, 6) is 2.07. The van der Waals surface area contributed by atoms with Crippen molar-refractivity contribution in [1.29, 1.82) is 0 Å². The van der Waals surface area contributed by atoms with Crippen molar-refractivity contribution in [1.82, 2.24) is 0 Å². The Kier molecular flexibility index (Phi) is 5.49. The summed E-state index contributed by atoms with van der Waals surface area (Å²) in [6.07, 6.45) is 2.35. The van der Waals surface area contributed by atoms with Crippen molar-refractivity contribution in [2.45, 2.75) is 39.5 Å². The van der Waals surface area contributed by atoms with Crippen molar-refractivity contribution < 1.29 is 4.74 Å². The molecule has 96 valence electrons. The number of benzene rings is 1. The number of nitrogens with two attached hydrogens (primary N) is 1. The molecule has 1 atom stereocenters. The van der Waals surface area contributed by atoms with Crippen LogP contribution in [0.1, 0.15) is 43.7 Å². The average molecular weight is 235 g/mol. The van der Waals surface area contributed by atoms with E-state index in [1.807, 2.05) is 0 Å². The monoisotopic (exact) mass is 235 g/mol. The van der Waals surface area contributed by atoms with Crippen LogP contribution in [0, 0.1) is 12.8 Å². The van der Waals surface area contributed by atoms with Crippen molar-refractivity contribution in [2.24, 2.45) is 11.7 Å². The van der Waals surface area contributed by atoms with E-state index in [2.05, 4.69) is 39.0 Å². The Morgan fingerprint density at radius 3 is 2.35 bits per heavy atom. The molecule has 0 aliphatic heterocycles. The van der Waals surface area contributed by atoms with Gasteiger partial charge in [0.15, 0.2) is 0 Å². The Balaban J connectivity index is 3.03. The smallest absolute Gasteiger partial charge is 0.122 e. The van der Waals surface area contributed by atoms with E-state index in [-0.39, 0.29) is 0 Å². The highest BCUT2D eigenvalue weighted by Crippen LogP contribution is 2.31. The van der Waals surface area contributed by atoms with Crippen LogP contribution in [0.4, 0.5) is 0 Å². The van der Waals surface area contributed by atoms with Gasteiger partial charge < -0.3 is 10.5 Å². The summed E-state index contributed by atoms with van der Waals surface area (Å²) in [6, 6.07) is 6.46. The Morgan fingerprint density at radius 1 is 1.24 bits per heavy atom. The summed E-state index contributed by atoms with van der Waals surface area (Å²) < 4.78 is 5.39. The molecule has 0 spiro atoms. The highest BCUT2D eigenvalue weighted by Gasteiger charge is 2.19. The molecule has 2 heteroatoms. The van der Waals surface area contributed by atoms with Crippen LogP contribution in [-0.4, -0.2) is 13.7 Å². The zero-order valence-electron chi connectivity index (χ0n) is 11.5. The quantitative estimate of drug-likeness (QED) is 0.819. The minimum absolute atomic E-state index is 0.444. The third-order valence-electron chi connectivity index (χ3n) is 3.73. The van der Waals surface area contributed by atoms with E-state index >= 15 is 0 Å². The van der Waals surface area contributed by atoms with Crippen LogP contribution in [-0.2, 0) is 0 Å². The van der Waals surface area contributed by atoms with Gasteiger partial charge in [0, 0.05) is 0 Å². The molecule has 0 amide bonds. The fourth-order valence-electron chi connectivity index (χ4n) is 2.53. The predicted molar refractivity (Wildman–Crippen MR) is 73.6 cm³/mol. The molecule has 17 heavy (non-hydrogen) atoms. The minimum Gasteiger partial charge on any atom is -0.496 e. The molecular formula is C15H25NO. The van der Waals surface area contributed by atoms with Gasteiger partial charge in [-0.2, -0.15) is 0 Å². The summed E-state index contributed by atoms with van der Waals surface area (Å²) in [4.78, 5) is 0. The maximum absolute atomic E-state index is 5.95. The molecule has 1 unspecified atom stereocenters. The van der Waals surface area contributed by atoms with Gasteiger partial charge in [0.05, 0.1) is 7.11 Å². The van der Waals surface area contributed by atoms with Crippen LogP contribution in [0.5, 0.6) is 5.75 Å². The number of aryl methyl sites for hydroxylation is 1. The van der Waals surface area contributed by atoms with Crippen LogP contribution < -0.4 is 10.5 Å². The van der Waals surface area contributed by atoms with Crippen molar-refractivity contribution in [3.63, 3.8) is 0 Å². The van der Waals surface area contributed by atoms with Crippen molar-refractivity contribution >= 4 is 0 Å². The number of rotatable bonds is 6. The second-order valence-electron chi connectivity index (χ2n) is 4.65. The van der Waals surface area contributed by atoms with Crippen LogP contribution >= 0.6 is 0 Å². The molecule has 0 saturated carbocycles. The van der Waals surface area contributed by atoms with E-state index in [0.717, 1.165) is 5.75 Å². The van der Waals surface area contributed by atoms with Crippen LogP contribution in [0.2, 0.25) is 0 Å². The average Bonchev–Trinajstić information content (AvgIpc) is 2.36. The van der Waals surface area contributed by atoms with Crippen molar-refractivity contribution in [3.05, 3.63) is 29.3 Å². The lowest BCUT2D eigenvalue weighted by Crippen LogP contribution is -2.21. The van der Waals surface area contributed by atoms with Gasteiger partial charge in [-0.25, -0.2) is 0 Å². The van der Waals surface area contributed by atoms with E-state index in [1.54, 1.807) is 7.11 Å². The normalized spacial score (nSPS) is 12.8. The molecular weight excluding hydrogens is 210 g/mol. The van der Waals surface area contributed by atoms with Gasteiger partial charge in [-0.15, -0.1) is 0 Å². The lowest BCUT2D eigenvalue weighted by molar-refractivity contribution is 0.393. The van der Waals surface area contributed by atoms with Gasteiger partial charge in [-0.05, 0) is 42.5 Å². The SMILES string of the molecule is CCC(CC)C(CN)c1ccc(C)c(OC)c1. The summed E-state index contributed by atoms with van der Waals surface area (Å²) in [6.45, 7) is 7.25. The first kappa shape index (κ1) is 14.0. The molecule has 0 saturated heterocycles. The molecule has 0 aliphatic carbocycles. The van der Waals surface area contributed by atoms with Crippen LogP contribution in [0.3, 0.4) is 0 Å². The molecule has 0 aromatic heterocycles. The zero-order valence-corrected chi connectivity index (χ0v) is 11.5. The predicted octanol–water partition coefficient (Wildman–Crippen LogP) is 3.48. The Hall–Kier alpha value is -1.02. The standard InChI is InChI=1S/C15H25NO/c1-5-12(6-2)14(10-16)13-8-7-11(3)15(9-13)17-4/h7-9,12,14H,5-6,10,16H2,1-4H3. The molecule has 1 aromatic carbocycles. The van der Waals surface area contributed by atoms with Gasteiger partial charge in [-0.3, -0.25) is 0 Å². The summed E-state index contributed by atoms with van der Waals surface area (Å²) in [7, 11) is 1.72. The first-order valence-electron chi connectivity index (χ1n) is 6.52. The Labute approximate surface area is 105 Å². The van der Waals surface area contributed by atoms with Crippen molar-refractivity contribution in [3.8, 4) is 5.75 Å². The topological polar surface area (TPSA) is 35.2 Å². The van der Waals surface area contributed by atoms with E-state index in [9.17, 15) is 0 Å². The Morgan fingerprint density at radius 2 is 1.88 bits per heavy atom. The first-order chi connectivity index (χ1) is 8.17. The van der Waals surface area contributed by atoms with Gasteiger partial charge >= 0.3 is 0 Å². The highest BCUT2D eigenvalue weighted by atomic mass is 16.5.